The van der Waals surface area contributed by atoms with Crippen LogP contribution in [-0.4, -0.2) is 47.2 Å². The second kappa shape index (κ2) is 8.74. The number of carbonyl (C=O) groups excluding carboxylic acids is 2. The highest BCUT2D eigenvalue weighted by Gasteiger charge is 2.40. The van der Waals surface area contributed by atoms with E-state index in [-0.39, 0.29) is 36.0 Å². The zero-order chi connectivity index (χ0) is 22.9. The maximum Gasteiger partial charge on any atom is 0.407 e. The predicted octanol–water partition coefficient (Wildman–Crippen LogP) is 3.75. The van der Waals surface area contributed by atoms with Crippen molar-refractivity contribution in [3.63, 3.8) is 0 Å². The first kappa shape index (κ1) is 22.6. The lowest BCUT2D eigenvalue weighted by atomic mass is 10.0. The lowest BCUT2D eigenvalue weighted by Crippen LogP contribution is -2.36. The Morgan fingerprint density at radius 3 is 2.75 bits per heavy atom. The summed E-state index contributed by atoms with van der Waals surface area (Å²) >= 11 is 0. The van der Waals surface area contributed by atoms with Gasteiger partial charge in [-0.25, -0.2) is 4.79 Å². The van der Waals surface area contributed by atoms with E-state index in [9.17, 15) is 14.2 Å². The van der Waals surface area contributed by atoms with Crippen LogP contribution in [0, 0.1) is 0 Å². The normalized spacial score (nSPS) is 21.7. The molecular weight excluding hydrogens is 427 g/mol. The molecule has 0 aliphatic heterocycles. The van der Waals surface area contributed by atoms with Gasteiger partial charge >= 0.3 is 6.09 Å². The van der Waals surface area contributed by atoms with Gasteiger partial charge in [-0.15, -0.1) is 0 Å². The van der Waals surface area contributed by atoms with Gasteiger partial charge in [0.05, 0.1) is 6.42 Å². The number of benzene rings is 1. The van der Waals surface area contributed by atoms with E-state index >= 15 is 0 Å². The summed E-state index contributed by atoms with van der Waals surface area (Å²) in [5.41, 5.74) is 1.66. The van der Waals surface area contributed by atoms with Gasteiger partial charge in [-0.05, 0) is 64.0 Å². The van der Waals surface area contributed by atoms with E-state index in [1.165, 1.54) is 0 Å². The van der Waals surface area contributed by atoms with Gasteiger partial charge in [-0.1, -0.05) is 18.2 Å². The van der Waals surface area contributed by atoms with Crippen LogP contribution >= 0.6 is 7.14 Å². The van der Waals surface area contributed by atoms with Crippen LogP contribution in [0.5, 0.6) is 0 Å². The zero-order valence-electron chi connectivity index (χ0n) is 18.8. The fourth-order valence-electron chi connectivity index (χ4n) is 4.05. The molecule has 2 fully saturated rings. The number of anilines is 1. The molecule has 0 bridgehead atoms. The summed E-state index contributed by atoms with van der Waals surface area (Å²) in [5, 5.41) is 13.7. The molecule has 3 N–H and O–H groups in total. The van der Waals surface area contributed by atoms with Crippen LogP contribution in [0.2, 0.25) is 0 Å². The quantitative estimate of drug-likeness (QED) is 0.547. The first-order chi connectivity index (χ1) is 15.1. The molecule has 2 atom stereocenters. The van der Waals surface area contributed by atoms with Crippen LogP contribution in [0.3, 0.4) is 0 Å². The topological polar surface area (TPSA) is 113 Å². The molecule has 2 aliphatic rings. The molecule has 2 saturated carbocycles. The Hall–Kier alpha value is -2.60. The second-order valence-electron chi connectivity index (χ2n) is 9.68. The lowest BCUT2D eigenvalue weighted by molar-refractivity contribution is -0.115. The van der Waals surface area contributed by atoms with E-state index < -0.39 is 7.14 Å². The SMILES string of the molecule is CC1(NC(=O)OC2CCC(c3cc(NC(=O)Cc4cccc(P(C)(C)=O)c4)n[nH]3)C2)CC1. The van der Waals surface area contributed by atoms with Crippen molar-refractivity contribution in [2.24, 2.45) is 0 Å². The second-order valence-corrected chi connectivity index (χ2v) is 12.9. The van der Waals surface area contributed by atoms with Gasteiger partial charge in [0.15, 0.2) is 5.82 Å². The third-order valence-corrected chi connectivity index (χ3v) is 7.79. The third kappa shape index (κ3) is 5.80. The highest BCUT2D eigenvalue weighted by molar-refractivity contribution is 7.70. The maximum atomic E-state index is 12.5. The van der Waals surface area contributed by atoms with E-state index in [2.05, 4.69) is 20.8 Å². The van der Waals surface area contributed by atoms with Crippen LogP contribution in [0.1, 0.15) is 56.2 Å². The van der Waals surface area contributed by atoms with Gasteiger partial charge in [0.1, 0.15) is 13.2 Å². The molecule has 2 amide bonds. The number of alkyl carbamates (subject to hydrolysis) is 1. The standard InChI is InChI=1S/C23H31N4O4P/c1-23(9-10-23)25-22(29)31-17-8-7-16(13-17)19-14-20(27-26-19)24-21(28)12-15-5-4-6-18(11-15)32(2,3)30/h4-6,11,14,16-17H,7-10,12-13H2,1-3H3,(H,25,29)(H2,24,26,27,28). The average Bonchev–Trinajstić information content (AvgIpc) is 3.07. The summed E-state index contributed by atoms with van der Waals surface area (Å²) in [6.45, 7) is 5.46. The molecule has 4 rings (SSSR count). The molecule has 0 spiro atoms. The predicted molar refractivity (Wildman–Crippen MR) is 124 cm³/mol. The Morgan fingerprint density at radius 1 is 1.25 bits per heavy atom. The average molecular weight is 458 g/mol. The molecule has 1 heterocycles. The summed E-state index contributed by atoms with van der Waals surface area (Å²) in [6.07, 6.45) is 4.19. The molecule has 172 valence electrons. The van der Waals surface area contributed by atoms with Crippen molar-refractivity contribution in [1.82, 2.24) is 15.5 Å². The molecule has 1 aromatic carbocycles. The molecule has 8 nitrogen and oxygen atoms in total. The van der Waals surface area contributed by atoms with E-state index in [0.717, 1.165) is 48.7 Å². The Balaban J connectivity index is 1.28. The Kier molecular flexibility index (Phi) is 6.17. The molecule has 2 aliphatic carbocycles. The first-order valence-electron chi connectivity index (χ1n) is 11.1. The number of aromatic amines is 1. The van der Waals surface area contributed by atoms with Gasteiger partial charge < -0.3 is 19.9 Å². The molecular formula is C23H31N4O4P. The molecule has 2 aromatic rings. The van der Waals surface area contributed by atoms with Gasteiger partial charge in [-0.2, -0.15) is 5.10 Å². The number of rotatable bonds is 7. The zero-order valence-corrected chi connectivity index (χ0v) is 19.7. The molecule has 9 heteroatoms. The minimum atomic E-state index is -2.37. The van der Waals surface area contributed by atoms with E-state index in [1.807, 2.05) is 37.3 Å². The first-order valence-corrected chi connectivity index (χ1v) is 13.7. The van der Waals surface area contributed by atoms with E-state index in [0.29, 0.717) is 5.82 Å². The van der Waals surface area contributed by atoms with Gasteiger partial charge in [-0.3, -0.25) is 9.89 Å². The lowest BCUT2D eigenvalue weighted by Gasteiger charge is -2.16. The summed E-state index contributed by atoms with van der Waals surface area (Å²) in [4.78, 5) is 24.5. The minimum Gasteiger partial charge on any atom is -0.446 e. The summed E-state index contributed by atoms with van der Waals surface area (Å²) in [6, 6.07) is 9.19. The van der Waals surface area contributed by atoms with E-state index in [1.54, 1.807) is 13.3 Å². The van der Waals surface area contributed by atoms with Crippen molar-refractivity contribution in [3.05, 3.63) is 41.6 Å². The van der Waals surface area contributed by atoms with Crippen molar-refractivity contribution in [2.75, 3.05) is 18.6 Å². The van der Waals surface area contributed by atoms with E-state index in [4.69, 9.17) is 4.74 Å². The molecule has 1 aromatic heterocycles. The number of carbonyl (C=O) groups is 2. The molecule has 0 radical (unpaired) electrons. The number of aromatic nitrogens is 2. The number of amides is 2. The Bertz CT molecular complexity index is 1060. The van der Waals surface area contributed by atoms with Gasteiger partial charge in [0, 0.05) is 28.5 Å². The molecule has 32 heavy (non-hydrogen) atoms. The van der Waals surface area contributed by atoms with Crippen molar-refractivity contribution >= 4 is 30.3 Å². The Morgan fingerprint density at radius 2 is 2.03 bits per heavy atom. The summed E-state index contributed by atoms with van der Waals surface area (Å²) < 4.78 is 17.9. The number of hydrogen-bond donors (Lipinski definition) is 3. The maximum absolute atomic E-state index is 12.5. The monoisotopic (exact) mass is 458 g/mol. The highest BCUT2D eigenvalue weighted by atomic mass is 31.2. The minimum absolute atomic E-state index is 0.0837. The number of nitrogens with zero attached hydrogens (tertiary/aromatic N) is 1. The Labute approximate surface area is 188 Å². The largest absolute Gasteiger partial charge is 0.446 e. The molecule has 0 saturated heterocycles. The fourth-order valence-corrected chi connectivity index (χ4v) is 4.97. The number of nitrogens with one attached hydrogen (secondary N) is 3. The van der Waals surface area contributed by atoms with Crippen LogP contribution in [-0.2, 0) is 20.5 Å². The third-order valence-electron chi connectivity index (χ3n) is 6.26. The van der Waals surface area contributed by atoms with Crippen molar-refractivity contribution in [1.29, 1.82) is 0 Å². The van der Waals surface area contributed by atoms with Gasteiger partial charge in [0.2, 0.25) is 5.91 Å². The summed E-state index contributed by atoms with van der Waals surface area (Å²) in [7, 11) is -2.37. The molecule has 2 unspecified atom stereocenters. The number of ether oxygens (including phenoxy) is 1. The van der Waals surface area contributed by atoms with Crippen molar-refractivity contribution in [3.8, 4) is 0 Å². The fraction of sp³-hybridized carbons (Fsp3) is 0.522. The van der Waals surface area contributed by atoms with Crippen LogP contribution < -0.4 is 15.9 Å². The summed E-state index contributed by atoms with van der Waals surface area (Å²) in [5.74, 6) is 0.504. The smallest absolute Gasteiger partial charge is 0.407 e. The number of hydrogen-bond acceptors (Lipinski definition) is 5. The van der Waals surface area contributed by atoms with Crippen LogP contribution in [0.25, 0.3) is 0 Å². The van der Waals surface area contributed by atoms with Crippen molar-refractivity contribution < 1.29 is 18.9 Å². The number of H-pyrrole nitrogens is 1. The van der Waals surface area contributed by atoms with Crippen LogP contribution in [0.4, 0.5) is 10.6 Å². The van der Waals surface area contributed by atoms with Crippen LogP contribution in [0.15, 0.2) is 30.3 Å². The van der Waals surface area contributed by atoms with Gasteiger partial charge in [0.25, 0.3) is 0 Å². The highest BCUT2D eigenvalue weighted by Crippen LogP contribution is 2.37. The van der Waals surface area contributed by atoms with Crippen molar-refractivity contribution in [2.45, 2.75) is 63.0 Å².